The summed E-state index contributed by atoms with van der Waals surface area (Å²) in [4.78, 5) is 6.47. The van der Waals surface area contributed by atoms with Crippen LogP contribution in [-0.4, -0.2) is 23.5 Å². The molecule has 0 aliphatic rings. The van der Waals surface area contributed by atoms with Gasteiger partial charge in [0.2, 0.25) is 0 Å². The third kappa shape index (κ3) is 4.41. The number of nitriles is 1. The number of hydrogen-bond acceptors (Lipinski definition) is 3. The van der Waals surface area contributed by atoms with E-state index in [-0.39, 0.29) is 5.41 Å². The van der Waals surface area contributed by atoms with Gasteiger partial charge < -0.3 is 4.90 Å². The zero-order valence-electron chi connectivity index (χ0n) is 10.3. The molecule has 0 unspecified atom stereocenters. The highest BCUT2D eigenvalue weighted by Crippen LogP contribution is 2.18. The largest absolute Gasteiger partial charge is 0.300 e. The number of nitrogens with zero attached hydrogens (tertiary/aromatic N) is 3. The molecule has 86 valence electrons. The molecule has 0 saturated carbocycles. The second kappa shape index (κ2) is 5.62. The second-order valence-electron chi connectivity index (χ2n) is 4.80. The molecule has 0 bridgehead atoms. The molecule has 0 aromatic carbocycles. The number of rotatable bonds is 5. The van der Waals surface area contributed by atoms with E-state index in [1.165, 1.54) is 0 Å². The van der Waals surface area contributed by atoms with E-state index in [0.29, 0.717) is 0 Å². The van der Waals surface area contributed by atoms with Crippen LogP contribution in [0.15, 0.2) is 24.4 Å². The summed E-state index contributed by atoms with van der Waals surface area (Å²) in [6.45, 7) is 5.70. The lowest BCUT2D eigenvalue weighted by Gasteiger charge is -2.21. The predicted molar refractivity (Wildman–Crippen MR) is 64.6 cm³/mol. The number of hydrogen-bond donors (Lipinski definition) is 0. The maximum Gasteiger partial charge on any atom is 0.0684 e. The van der Waals surface area contributed by atoms with E-state index < -0.39 is 0 Å². The molecule has 0 spiro atoms. The predicted octanol–water partition coefficient (Wildman–Crippen LogP) is 2.45. The van der Waals surface area contributed by atoms with Gasteiger partial charge in [-0.2, -0.15) is 5.26 Å². The Morgan fingerprint density at radius 2 is 2.19 bits per heavy atom. The molecule has 1 aromatic rings. The highest BCUT2D eigenvalue weighted by molar-refractivity contribution is 5.03. The molecule has 3 nitrogen and oxygen atoms in total. The molecule has 0 aliphatic carbocycles. The molecule has 3 heteroatoms. The van der Waals surface area contributed by atoms with Gasteiger partial charge in [0.25, 0.3) is 0 Å². The second-order valence-corrected chi connectivity index (χ2v) is 4.80. The molecular formula is C13H19N3. The highest BCUT2D eigenvalue weighted by Gasteiger charge is 2.17. The Morgan fingerprint density at radius 3 is 2.75 bits per heavy atom. The Morgan fingerprint density at radius 1 is 1.44 bits per heavy atom. The van der Waals surface area contributed by atoms with Crippen LogP contribution in [0.25, 0.3) is 0 Å². The minimum Gasteiger partial charge on any atom is -0.300 e. The van der Waals surface area contributed by atoms with Crippen LogP contribution in [0.3, 0.4) is 0 Å². The van der Waals surface area contributed by atoms with E-state index in [9.17, 15) is 0 Å². The van der Waals surface area contributed by atoms with Crippen LogP contribution in [-0.2, 0) is 6.54 Å². The summed E-state index contributed by atoms with van der Waals surface area (Å²) in [6, 6.07) is 8.25. The molecule has 0 atom stereocenters. The van der Waals surface area contributed by atoms with Crippen LogP contribution >= 0.6 is 0 Å². The number of aromatic nitrogens is 1. The van der Waals surface area contributed by atoms with Crippen LogP contribution in [0.2, 0.25) is 0 Å². The fraction of sp³-hybridized carbons (Fsp3) is 0.538. The fourth-order valence-corrected chi connectivity index (χ4v) is 1.37. The summed E-state index contributed by atoms with van der Waals surface area (Å²) in [5, 5.41) is 8.92. The van der Waals surface area contributed by atoms with Crippen LogP contribution in [0.1, 0.15) is 26.0 Å². The summed E-state index contributed by atoms with van der Waals surface area (Å²) in [5.74, 6) is 0. The Balaban J connectivity index is 2.38. The first-order valence-corrected chi connectivity index (χ1v) is 5.53. The van der Waals surface area contributed by atoms with E-state index >= 15 is 0 Å². The van der Waals surface area contributed by atoms with Crippen molar-refractivity contribution in [1.82, 2.24) is 9.88 Å². The van der Waals surface area contributed by atoms with E-state index in [1.807, 2.05) is 38.2 Å². The topological polar surface area (TPSA) is 39.9 Å². The van der Waals surface area contributed by atoms with Crippen molar-refractivity contribution >= 4 is 0 Å². The van der Waals surface area contributed by atoms with Gasteiger partial charge in [0.05, 0.1) is 17.2 Å². The van der Waals surface area contributed by atoms with Crippen molar-refractivity contribution in [2.24, 2.45) is 5.41 Å². The maximum absolute atomic E-state index is 8.92. The van der Waals surface area contributed by atoms with Crippen LogP contribution in [0.4, 0.5) is 0 Å². The Labute approximate surface area is 97.7 Å². The first-order valence-electron chi connectivity index (χ1n) is 5.53. The van der Waals surface area contributed by atoms with Gasteiger partial charge >= 0.3 is 0 Å². The van der Waals surface area contributed by atoms with Gasteiger partial charge in [0.15, 0.2) is 0 Å². The molecule has 1 aromatic heterocycles. The quantitative estimate of drug-likeness (QED) is 0.760. The van der Waals surface area contributed by atoms with Crippen molar-refractivity contribution in [3.63, 3.8) is 0 Å². The highest BCUT2D eigenvalue weighted by atomic mass is 15.1. The standard InChI is InChI=1S/C13H19N3/c1-13(2,11-14)7-9-16(3)10-12-6-4-5-8-15-12/h4-6,8H,7,9-10H2,1-3H3. The van der Waals surface area contributed by atoms with Crippen molar-refractivity contribution < 1.29 is 0 Å². The minimum absolute atomic E-state index is 0.238. The third-order valence-corrected chi connectivity index (χ3v) is 2.58. The smallest absolute Gasteiger partial charge is 0.0684 e. The van der Waals surface area contributed by atoms with Gasteiger partial charge in [-0.05, 0) is 46.0 Å². The molecule has 0 fully saturated rings. The molecule has 16 heavy (non-hydrogen) atoms. The van der Waals surface area contributed by atoms with E-state index in [0.717, 1.165) is 25.2 Å². The van der Waals surface area contributed by atoms with E-state index in [2.05, 4.69) is 23.0 Å². The summed E-state index contributed by atoms with van der Waals surface area (Å²) in [7, 11) is 2.06. The first-order chi connectivity index (χ1) is 7.53. The third-order valence-electron chi connectivity index (χ3n) is 2.58. The van der Waals surface area contributed by atoms with Crippen molar-refractivity contribution in [2.75, 3.05) is 13.6 Å². The van der Waals surface area contributed by atoms with Gasteiger partial charge in [-0.15, -0.1) is 0 Å². The monoisotopic (exact) mass is 217 g/mol. The molecule has 1 rings (SSSR count). The molecule has 1 heterocycles. The lowest BCUT2D eigenvalue weighted by atomic mass is 9.91. The summed E-state index contributed by atoms with van der Waals surface area (Å²) in [6.07, 6.45) is 2.69. The van der Waals surface area contributed by atoms with Crippen molar-refractivity contribution in [2.45, 2.75) is 26.8 Å². The summed E-state index contributed by atoms with van der Waals surface area (Å²) >= 11 is 0. The van der Waals surface area contributed by atoms with Gasteiger partial charge in [-0.25, -0.2) is 0 Å². The van der Waals surface area contributed by atoms with Crippen LogP contribution in [0, 0.1) is 16.7 Å². The van der Waals surface area contributed by atoms with Gasteiger partial charge in [0.1, 0.15) is 0 Å². The van der Waals surface area contributed by atoms with Gasteiger partial charge in [-0.3, -0.25) is 4.98 Å². The van der Waals surface area contributed by atoms with E-state index in [1.54, 1.807) is 0 Å². The average Bonchev–Trinajstić information content (AvgIpc) is 2.28. The first kappa shape index (κ1) is 12.7. The molecular weight excluding hydrogens is 198 g/mol. The lowest BCUT2D eigenvalue weighted by Crippen LogP contribution is -2.24. The molecule has 0 saturated heterocycles. The van der Waals surface area contributed by atoms with Gasteiger partial charge in [0, 0.05) is 12.7 Å². The van der Waals surface area contributed by atoms with E-state index in [4.69, 9.17) is 5.26 Å². The molecule has 0 N–H and O–H groups in total. The SMILES string of the molecule is CN(CCC(C)(C)C#N)Cc1ccccn1. The van der Waals surface area contributed by atoms with Crippen molar-refractivity contribution in [1.29, 1.82) is 5.26 Å². The molecule has 0 aliphatic heterocycles. The van der Waals surface area contributed by atoms with Crippen LogP contribution in [0.5, 0.6) is 0 Å². The van der Waals surface area contributed by atoms with Crippen LogP contribution < -0.4 is 0 Å². The fourth-order valence-electron chi connectivity index (χ4n) is 1.37. The van der Waals surface area contributed by atoms with Crippen molar-refractivity contribution in [3.05, 3.63) is 30.1 Å². The van der Waals surface area contributed by atoms with Crippen molar-refractivity contribution in [3.8, 4) is 6.07 Å². The Bertz CT molecular complexity index is 351. The molecule has 0 radical (unpaired) electrons. The Kier molecular flexibility index (Phi) is 4.45. The summed E-state index contributed by atoms with van der Waals surface area (Å²) < 4.78 is 0. The zero-order chi connectivity index (χ0) is 12.0. The number of pyridine rings is 1. The summed E-state index contributed by atoms with van der Waals surface area (Å²) in [5.41, 5.74) is 0.832. The minimum atomic E-state index is -0.238. The normalized spacial score (nSPS) is 11.4. The average molecular weight is 217 g/mol. The molecule has 0 amide bonds. The Hall–Kier alpha value is -1.40. The zero-order valence-corrected chi connectivity index (χ0v) is 10.3. The lowest BCUT2D eigenvalue weighted by molar-refractivity contribution is 0.277. The maximum atomic E-state index is 8.92. The van der Waals surface area contributed by atoms with Gasteiger partial charge in [-0.1, -0.05) is 6.07 Å².